The van der Waals surface area contributed by atoms with Crippen LogP contribution in [-0.2, 0) is 24.8 Å². The summed E-state index contributed by atoms with van der Waals surface area (Å²) in [7, 11) is -7.53. The molecule has 0 atom stereocenters. The minimum Gasteiger partial charge on any atom is -0.308 e. The highest BCUT2D eigenvalue weighted by atomic mass is 32.2. The Hall–Kier alpha value is -4.10. The first kappa shape index (κ1) is 24.5. The normalized spacial score (nSPS) is 11.2. The predicted octanol–water partition coefficient (Wildman–Crippen LogP) is 2.56. The summed E-state index contributed by atoms with van der Waals surface area (Å²) in [5.74, 6) is 0. The number of nitrogens with zero attached hydrogens (tertiary/aromatic N) is 1. The number of amides is 3. The van der Waals surface area contributed by atoms with E-state index < -0.39 is 26.1 Å². The summed E-state index contributed by atoms with van der Waals surface area (Å²) in [4.78, 5) is 23.3. The number of hydrogen-bond donors (Lipinski definition) is 4. The van der Waals surface area contributed by atoms with Crippen LogP contribution in [0.2, 0.25) is 0 Å². The second-order valence-electron chi connectivity index (χ2n) is 6.91. The molecule has 0 aliphatic heterocycles. The molecule has 0 fully saturated rings. The van der Waals surface area contributed by atoms with Crippen molar-refractivity contribution in [3.63, 3.8) is 0 Å². The van der Waals surface area contributed by atoms with E-state index in [2.05, 4.69) is 20.8 Å². The van der Waals surface area contributed by atoms with Gasteiger partial charge in [-0.3, -0.25) is 14.9 Å². The standard InChI is InChI=1S/C21H21N5O6S2/c1-33(29,30)25-18-7-5-6-17(14-18)24-21(28)23-16-10-12-19(13-11-16)26(22-15-27)34(31,32)20-8-3-2-4-9-20/h2-15,25H,1H3,(H,22,27)(H2,23,24,28). The molecule has 0 saturated heterocycles. The quantitative estimate of drug-likeness (QED) is 0.260. The fraction of sp³-hybridized carbons (Fsp3) is 0.0476. The Morgan fingerprint density at radius 1 is 0.794 bits per heavy atom. The third kappa shape index (κ3) is 6.46. The zero-order valence-corrected chi connectivity index (χ0v) is 19.4. The molecule has 0 aromatic heterocycles. The van der Waals surface area contributed by atoms with Crippen LogP contribution in [0.4, 0.5) is 27.5 Å². The molecular formula is C21H21N5O6S2. The van der Waals surface area contributed by atoms with E-state index in [-0.39, 0.29) is 22.7 Å². The highest BCUT2D eigenvalue weighted by molar-refractivity contribution is 7.92. The molecule has 3 amide bonds. The van der Waals surface area contributed by atoms with Crippen molar-refractivity contribution in [3.8, 4) is 0 Å². The van der Waals surface area contributed by atoms with Gasteiger partial charge in [-0.2, -0.15) is 12.8 Å². The summed E-state index contributed by atoms with van der Waals surface area (Å²) < 4.78 is 51.5. The molecular weight excluding hydrogens is 482 g/mol. The van der Waals surface area contributed by atoms with Gasteiger partial charge in [0.1, 0.15) is 0 Å². The maximum Gasteiger partial charge on any atom is 0.323 e. The lowest BCUT2D eigenvalue weighted by atomic mass is 10.3. The van der Waals surface area contributed by atoms with Gasteiger partial charge in [0.15, 0.2) is 0 Å². The SMILES string of the molecule is CS(=O)(=O)Nc1cccc(NC(=O)Nc2ccc(N(NC=O)S(=O)(=O)c3ccccc3)cc2)c1. The molecule has 13 heteroatoms. The average molecular weight is 504 g/mol. The maximum atomic E-state index is 12.9. The van der Waals surface area contributed by atoms with Gasteiger partial charge in [0, 0.05) is 11.4 Å². The van der Waals surface area contributed by atoms with E-state index in [1.807, 2.05) is 0 Å². The lowest BCUT2D eigenvalue weighted by Gasteiger charge is -2.23. The number of carbonyl (C=O) groups excluding carboxylic acids is 2. The second kappa shape index (κ2) is 10.2. The van der Waals surface area contributed by atoms with Gasteiger partial charge >= 0.3 is 6.03 Å². The van der Waals surface area contributed by atoms with E-state index in [9.17, 15) is 26.4 Å². The molecule has 34 heavy (non-hydrogen) atoms. The van der Waals surface area contributed by atoms with Gasteiger partial charge in [-0.1, -0.05) is 24.3 Å². The van der Waals surface area contributed by atoms with Gasteiger partial charge in [-0.25, -0.2) is 13.2 Å². The van der Waals surface area contributed by atoms with Crippen LogP contribution in [0.5, 0.6) is 0 Å². The van der Waals surface area contributed by atoms with E-state index in [0.29, 0.717) is 11.4 Å². The predicted molar refractivity (Wildman–Crippen MR) is 129 cm³/mol. The number of hydrazine groups is 1. The first-order valence-electron chi connectivity index (χ1n) is 9.64. The summed E-state index contributed by atoms with van der Waals surface area (Å²) in [6.45, 7) is 0. The van der Waals surface area contributed by atoms with Crippen molar-refractivity contribution in [3.05, 3.63) is 78.9 Å². The Morgan fingerprint density at radius 2 is 1.41 bits per heavy atom. The Kier molecular flexibility index (Phi) is 7.38. The summed E-state index contributed by atoms with van der Waals surface area (Å²) in [5, 5.41) is 5.15. The van der Waals surface area contributed by atoms with E-state index in [1.54, 1.807) is 30.3 Å². The highest BCUT2D eigenvalue weighted by Gasteiger charge is 2.24. The van der Waals surface area contributed by atoms with Crippen molar-refractivity contribution in [2.45, 2.75) is 4.90 Å². The Balaban J connectivity index is 1.72. The molecule has 0 unspecified atom stereocenters. The molecule has 3 aromatic carbocycles. The average Bonchev–Trinajstić information content (AvgIpc) is 2.77. The molecule has 0 radical (unpaired) electrons. The van der Waals surface area contributed by atoms with E-state index in [0.717, 1.165) is 10.7 Å². The highest BCUT2D eigenvalue weighted by Crippen LogP contribution is 2.23. The van der Waals surface area contributed by atoms with Gasteiger partial charge in [-0.05, 0) is 54.6 Å². The van der Waals surface area contributed by atoms with Gasteiger partial charge in [0.25, 0.3) is 10.0 Å². The second-order valence-corrected chi connectivity index (χ2v) is 10.4. The topological polar surface area (TPSA) is 154 Å². The molecule has 3 aromatic rings. The first-order valence-corrected chi connectivity index (χ1v) is 13.0. The third-order valence-corrected chi connectivity index (χ3v) is 6.51. The van der Waals surface area contributed by atoms with Crippen molar-refractivity contribution in [2.24, 2.45) is 0 Å². The van der Waals surface area contributed by atoms with Crippen LogP contribution in [-0.4, -0.2) is 35.5 Å². The van der Waals surface area contributed by atoms with Crippen molar-refractivity contribution in [2.75, 3.05) is 26.0 Å². The van der Waals surface area contributed by atoms with Crippen LogP contribution in [0.25, 0.3) is 0 Å². The Labute approximate surface area is 196 Å². The molecule has 0 aliphatic rings. The number of benzene rings is 3. The van der Waals surface area contributed by atoms with Crippen molar-refractivity contribution < 1.29 is 26.4 Å². The molecule has 4 N–H and O–H groups in total. The van der Waals surface area contributed by atoms with Crippen LogP contribution in [0, 0.1) is 0 Å². The number of urea groups is 1. The van der Waals surface area contributed by atoms with Gasteiger partial charge in [0.05, 0.1) is 22.5 Å². The van der Waals surface area contributed by atoms with Crippen LogP contribution in [0.1, 0.15) is 0 Å². The van der Waals surface area contributed by atoms with Gasteiger partial charge in [0.2, 0.25) is 16.4 Å². The van der Waals surface area contributed by atoms with Crippen LogP contribution in [0.3, 0.4) is 0 Å². The van der Waals surface area contributed by atoms with Crippen molar-refractivity contribution in [1.29, 1.82) is 0 Å². The van der Waals surface area contributed by atoms with Crippen molar-refractivity contribution in [1.82, 2.24) is 5.43 Å². The summed E-state index contributed by atoms with van der Waals surface area (Å²) in [5.41, 5.74) is 3.28. The molecule has 0 saturated carbocycles. The smallest absolute Gasteiger partial charge is 0.308 e. The Bertz CT molecular complexity index is 1380. The van der Waals surface area contributed by atoms with Gasteiger partial charge < -0.3 is 10.6 Å². The van der Waals surface area contributed by atoms with Crippen molar-refractivity contribution >= 4 is 55.2 Å². The zero-order valence-electron chi connectivity index (χ0n) is 17.8. The number of hydrogen-bond acceptors (Lipinski definition) is 6. The largest absolute Gasteiger partial charge is 0.323 e. The first-order chi connectivity index (χ1) is 16.1. The third-order valence-electron chi connectivity index (χ3n) is 4.23. The van der Waals surface area contributed by atoms with Crippen LogP contribution < -0.4 is 25.2 Å². The van der Waals surface area contributed by atoms with E-state index >= 15 is 0 Å². The minimum atomic E-state index is -4.07. The fourth-order valence-corrected chi connectivity index (χ4v) is 4.72. The number of nitrogens with one attached hydrogen (secondary N) is 4. The maximum absolute atomic E-state index is 12.9. The summed E-state index contributed by atoms with van der Waals surface area (Å²) in [6.07, 6.45) is 1.26. The molecule has 0 aliphatic carbocycles. The molecule has 11 nitrogen and oxygen atoms in total. The van der Waals surface area contributed by atoms with E-state index in [4.69, 9.17) is 0 Å². The zero-order chi connectivity index (χ0) is 24.8. The summed E-state index contributed by atoms with van der Waals surface area (Å²) >= 11 is 0. The minimum absolute atomic E-state index is 0.0153. The summed E-state index contributed by atoms with van der Waals surface area (Å²) in [6, 6.07) is 18.8. The van der Waals surface area contributed by atoms with E-state index in [1.165, 1.54) is 48.5 Å². The number of carbonyl (C=O) groups is 2. The molecule has 0 spiro atoms. The fourth-order valence-electron chi connectivity index (χ4n) is 2.88. The van der Waals surface area contributed by atoms with Crippen LogP contribution in [0.15, 0.2) is 83.8 Å². The number of rotatable bonds is 9. The lowest BCUT2D eigenvalue weighted by Crippen LogP contribution is -2.42. The monoisotopic (exact) mass is 503 g/mol. The molecule has 0 heterocycles. The van der Waals surface area contributed by atoms with Gasteiger partial charge in [-0.15, -0.1) is 0 Å². The van der Waals surface area contributed by atoms with Crippen LogP contribution >= 0.6 is 0 Å². The number of anilines is 4. The number of sulfonamides is 2. The lowest BCUT2D eigenvalue weighted by molar-refractivity contribution is -0.109. The molecule has 178 valence electrons. The molecule has 0 bridgehead atoms. The molecule has 3 rings (SSSR count). The Morgan fingerprint density at radius 3 is 2.03 bits per heavy atom.